The number of pyridine rings is 1. The number of amides is 3. The second kappa shape index (κ2) is 10.3. The summed E-state index contributed by atoms with van der Waals surface area (Å²) in [4.78, 5) is 43.0. The van der Waals surface area contributed by atoms with Crippen molar-refractivity contribution in [3.05, 3.63) is 36.4 Å². The largest absolute Gasteiger partial charge is 0.471 e. The third-order valence-electron chi connectivity index (χ3n) is 7.33. The van der Waals surface area contributed by atoms with Gasteiger partial charge in [0.25, 0.3) is 5.91 Å². The molecule has 0 aromatic carbocycles. The summed E-state index contributed by atoms with van der Waals surface area (Å²) >= 11 is 0. The Morgan fingerprint density at radius 3 is 2.54 bits per heavy atom. The van der Waals surface area contributed by atoms with E-state index in [2.05, 4.69) is 10.3 Å². The average Bonchev–Trinajstić information content (AvgIpc) is 3.32. The van der Waals surface area contributed by atoms with E-state index in [1.807, 2.05) is 0 Å². The van der Waals surface area contributed by atoms with Gasteiger partial charge >= 0.3 is 12.1 Å². The van der Waals surface area contributed by atoms with Gasteiger partial charge in [-0.2, -0.15) is 13.2 Å². The molecule has 4 rings (SSSR count). The molecule has 0 unspecified atom stereocenters. The van der Waals surface area contributed by atoms with Crippen LogP contribution >= 0.6 is 0 Å². The van der Waals surface area contributed by atoms with Crippen molar-refractivity contribution in [3.8, 4) is 0 Å². The van der Waals surface area contributed by atoms with Crippen LogP contribution in [0.15, 0.2) is 30.9 Å². The molecular weight excluding hydrogens is 501 g/mol. The Balaban J connectivity index is 1.51. The first kappa shape index (κ1) is 26.8. The lowest BCUT2D eigenvalue weighted by Crippen LogP contribution is -2.59. The van der Waals surface area contributed by atoms with Crippen LogP contribution in [0.4, 0.5) is 22.0 Å². The molecule has 2 fully saturated rings. The molecule has 2 aliphatic rings. The molecule has 1 aliphatic heterocycles. The number of hydrogen-bond donors (Lipinski definition) is 2. The number of carbonyl (C=O) groups is 3. The molecule has 0 spiro atoms. The van der Waals surface area contributed by atoms with Gasteiger partial charge in [-0.1, -0.05) is 0 Å². The maximum Gasteiger partial charge on any atom is 0.471 e. The number of rotatable bonds is 5. The molecule has 13 heteroatoms. The fraction of sp³-hybridized carbons (Fsp3) is 0.583. The lowest BCUT2D eigenvalue weighted by atomic mass is 9.72. The van der Waals surface area contributed by atoms with Gasteiger partial charge in [0, 0.05) is 38.2 Å². The Morgan fingerprint density at radius 2 is 1.86 bits per heavy atom. The van der Waals surface area contributed by atoms with E-state index in [-0.39, 0.29) is 50.0 Å². The van der Waals surface area contributed by atoms with Crippen LogP contribution in [0.25, 0.3) is 5.52 Å². The van der Waals surface area contributed by atoms with Gasteiger partial charge in [-0.15, -0.1) is 0 Å². The molecule has 1 saturated carbocycles. The average molecular weight is 530 g/mol. The minimum atomic E-state index is -5.15. The normalized spacial score (nSPS) is 23.5. The van der Waals surface area contributed by atoms with E-state index >= 15 is 0 Å². The van der Waals surface area contributed by atoms with Crippen molar-refractivity contribution in [1.29, 1.82) is 0 Å². The summed E-state index contributed by atoms with van der Waals surface area (Å²) in [6.07, 6.45) is 0.0529. The number of imidazole rings is 1. The molecule has 202 valence electrons. The fourth-order valence-corrected chi connectivity index (χ4v) is 5.31. The molecule has 3 amide bonds. The SMILES string of the molecule is C[C@@H](NC(=O)C(F)(F)F)C(=O)N[C@@H]1CN(C(=O)c2cccn3cncc23)CC[C@H]1C1CCC(F)(F)CC1. The van der Waals surface area contributed by atoms with Crippen LogP contribution in [0.3, 0.4) is 0 Å². The zero-order chi connectivity index (χ0) is 27.0. The zero-order valence-corrected chi connectivity index (χ0v) is 20.1. The minimum Gasteiger partial charge on any atom is -0.350 e. The predicted octanol–water partition coefficient (Wildman–Crippen LogP) is 3.17. The van der Waals surface area contributed by atoms with E-state index in [1.54, 1.807) is 45.5 Å². The number of nitrogens with zero attached hydrogens (tertiary/aromatic N) is 3. The summed E-state index contributed by atoms with van der Waals surface area (Å²) in [5, 5.41) is 4.32. The Labute approximate surface area is 209 Å². The first-order valence-corrected chi connectivity index (χ1v) is 12.1. The predicted molar refractivity (Wildman–Crippen MR) is 122 cm³/mol. The van der Waals surface area contributed by atoms with E-state index < -0.39 is 36.0 Å². The topological polar surface area (TPSA) is 95.8 Å². The maximum atomic E-state index is 13.8. The smallest absolute Gasteiger partial charge is 0.350 e. The van der Waals surface area contributed by atoms with Crippen molar-refractivity contribution < 1.29 is 36.3 Å². The van der Waals surface area contributed by atoms with Crippen molar-refractivity contribution in [2.24, 2.45) is 11.8 Å². The molecule has 3 atom stereocenters. The number of carbonyl (C=O) groups excluding carboxylic acids is 3. The van der Waals surface area contributed by atoms with Crippen molar-refractivity contribution in [2.75, 3.05) is 13.1 Å². The molecule has 2 aromatic heterocycles. The number of piperidine rings is 1. The number of aromatic nitrogens is 2. The maximum absolute atomic E-state index is 13.8. The van der Waals surface area contributed by atoms with E-state index in [4.69, 9.17) is 0 Å². The second-order valence-electron chi connectivity index (χ2n) is 9.81. The van der Waals surface area contributed by atoms with Gasteiger partial charge in [-0.25, -0.2) is 13.8 Å². The number of halogens is 5. The molecule has 2 N–H and O–H groups in total. The van der Waals surface area contributed by atoms with E-state index in [0.29, 0.717) is 24.0 Å². The highest BCUT2D eigenvalue weighted by Gasteiger charge is 2.44. The molecule has 3 heterocycles. The zero-order valence-electron chi connectivity index (χ0n) is 20.1. The molecule has 8 nitrogen and oxygen atoms in total. The van der Waals surface area contributed by atoms with Crippen LogP contribution in [0.1, 0.15) is 49.4 Å². The van der Waals surface area contributed by atoms with Crippen molar-refractivity contribution >= 4 is 23.2 Å². The lowest BCUT2D eigenvalue weighted by molar-refractivity contribution is -0.174. The summed E-state index contributed by atoms with van der Waals surface area (Å²) in [5.41, 5.74) is 0.986. The van der Waals surface area contributed by atoms with Crippen molar-refractivity contribution in [1.82, 2.24) is 24.9 Å². The highest BCUT2D eigenvalue weighted by Crippen LogP contribution is 2.42. The van der Waals surface area contributed by atoms with Gasteiger partial charge in [0.15, 0.2) is 0 Å². The number of alkyl halides is 5. The number of likely N-dealkylation sites (tertiary alicyclic amines) is 1. The van der Waals surface area contributed by atoms with Crippen molar-refractivity contribution in [2.45, 2.75) is 63.2 Å². The highest BCUT2D eigenvalue weighted by molar-refractivity contribution is 6.00. The summed E-state index contributed by atoms with van der Waals surface area (Å²) in [5.74, 6) is -6.53. The van der Waals surface area contributed by atoms with Crippen molar-refractivity contribution in [3.63, 3.8) is 0 Å². The first-order chi connectivity index (χ1) is 17.4. The molecule has 37 heavy (non-hydrogen) atoms. The summed E-state index contributed by atoms with van der Waals surface area (Å²) in [7, 11) is 0. The summed E-state index contributed by atoms with van der Waals surface area (Å²) in [6.45, 7) is 1.51. The third-order valence-corrected chi connectivity index (χ3v) is 7.33. The minimum absolute atomic E-state index is 0.0528. The van der Waals surface area contributed by atoms with E-state index in [1.165, 1.54) is 0 Å². The molecular formula is C24H28F5N5O3. The summed E-state index contributed by atoms with van der Waals surface area (Å²) in [6, 6.07) is 1.17. The second-order valence-corrected chi connectivity index (χ2v) is 9.81. The number of nitrogens with one attached hydrogen (secondary N) is 2. The van der Waals surface area contributed by atoms with Crippen LogP contribution in [0.2, 0.25) is 0 Å². The van der Waals surface area contributed by atoms with Crippen LogP contribution in [-0.2, 0) is 9.59 Å². The molecule has 0 bridgehead atoms. The van der Waals surface area contributed by atoms with Crippen LogP contribution in [-0.4, -0.2) is 69.3 Å². The molecule has 1 saturated heterocycles. The van der Waals surface area contributed by atoms with Gasteiger partial charge in [0.2, 0.25) is 11.8 Å². The Bertz CT molecular complexity index is 1160. The molecule has 1 aliphatic carbocycles. The first-order valence-electron chi connectivity index (χ1n) is 12.1. The Hall–Kier alpha value is -3.25. The van der Waals surface area contributed by atoms with E-state index in [9.17, 15) is 36.3 Å². The number of hydrogen-bond acceptors (Lipinski definition) is 4. The van der Waals surface area contributed by atoms with Crippen LogP contribution in [0.5, 0.6) is 0 Å². The molecule has 2 aromatic rings. The molecule has 0 radical (unpaired) electrons. The summed E-state index contributed by atoms with van der Waals surface area (Å²) < 4.78 is 67.1. The van der Waals surface area contributed by atoms with Gasteiger partial charge in [-0.3, -0.25) is 14.4 Å². The van der Waals surface area contributed by atoms with E-state index in [0.717, 1.165) is 6.92 Å². The van der Waals surface area contributed by atoms with Gasteiger partial charge in [0.05, 0.1) is 23.6 Å². The van der Waals surface area contributed by atoms with Gasteiger partial charge in [0.1, 0.15) is 6.04 Å². The Kier molecular flexibility index (Phi) is 7.43. The van der Waals surface area contributed by atoms with Gasteiger partial charge < -0.3 is 19.9 Å². The standard InChI is InChI=1S/C24H28F5N5O3/c1-14(31-22(37)24(27,28)29)20(35)32-18-12-33(10-6-16(18)15-4-7-23(25,26)8-5-15)21(36)17-3-2-9-34-13-30-11-19(17)34/h2-3,9,11,13-16,18H,4-8,10,12H2,1H3,(H,31,37)(H,32,35)/t14-,16+,18-/m1/s1. The Morgan fingerprint density at radius 1 is 1.16 bits per heavy atom. The highest BCUT2D eigenvalue weighted by atomic mass is 19.4. The third kappa shape index (κ3) is 6.02. The van der Waals surface area contributed by atoms with Crippen LogP contribution in [0, 0.1) is 11.8 Å². The quantitative estimate of drug-likeness (QED) is 0.582. The van der Waals surface area contributed by atoms with Crippen LogP contribution < -0.4 is 10.6 Å². The lowest BCUT2D eigenvalue weighted by Gasteiger charge is -2.44. The fourth-order valence-electron chi connectivity index (χ4n) is 5.31. The monoisotopic (exact) mass is 529 g/mol. The van der Waals surface area contributed by atoms with Gasteiger partial charge in [-0.05, 0) is 50.2 Å². The number of fused-ring (bicyclic) bond motifs is 1.